The van der Waals surface area contributed by atoms with Crippen molar-refractivity contribution in [2.24, 2.45) is 5.92 Å². The second-order valence-corrected chi connectivity index (χ2v) is 6.30. The number of hydrogen-bond acceptors (Lipinski definition) is 3. The van der Waals surface area contributed by atoms with Gasteiger partial charge in [0, 0.05) is 22.5 Å². The predicted octanol–water partition coefficient (Wildman–Crippen LogP) is 1.89. The summed E-state index contributed by atoms with van der Waals surface area (Å²) < 4.78 is 0. The number of benzene rings is 1. The Kier molecular flexibility index (Phi) is 5.67. The van der Waals surface area contributed by atoms with Crippen molar-refractivity contribution < 1.29 is 14.7 Å². The van der Waals surface area contributed by atoms with Gasteiger partial charge in [-0.25, -0.2) is 0 Å². The van der Waals surface area contributed by atoms with Gasteiger partial charge in [0.05, 0.1) is 6.10 Å². The van der Waals surface area contributed by atoms with Crippen LogP contribution in [0.5, 0.6) is 0 Å². The molecule has 1 fully saturated rings. The standard InChI is InChI=1S/C15H18Cl2N2O3/c1-8(20)13(19-14(21)9-2-3-9)15(22)18-7-10-4-5-11(16)6-12(10)17/h4-6,8-9,13,20H,2-3,7H2,1H3,(H,18,22)(H,19,21). The highest BCUT2D eigenvalue weighted by Crippen LogP contribution is 2.29. The van der Waals surface area contributed by atoms with Crippen LogP contribution >= 0.6 is 23.2 Å². The maximum atomic E-state index is 12.2. The van der Waals surface area contributed by atoms with Crippen LogP contribution in [0, 0.1) is 5.92 Å². The Balaban J connectivity index is 1.94. The van der Waals surface area contributed by atoms with E-state index >= 15 is 0 Å². The molecule has 1 aliphatic rings. The van der Waals surface area contributed by atoms with Crippen LogP contribution < -0.4 is 10.6 Å². The van der Waals surface area contributed by atoms with Gasteiger partial charge in [-0.15, -0.1) is 0 Å². The van der Waals surface area contributed by atoms with E-state index in [1.807, 2.05) is 0 Å². The van der Waals surface area contributed by atoms with Gasteiger partial charge in [-0.3, -0.25) is 9.59 Å². The molecule has 0 radical (unpaired) electrons. The maximum Gasteiger partial charge on any atom is 0.245 e. The summed E-state index contributed by atoms with van der Waals surface area (Å²) in [6.07, 6.45) is 0.684. The van der Waals surface area contributed by atoms with Crippen LogP contribution in [0.25, 0.3) is 0 Å². The third-order valence-corrected chi connectivity index (χ3v) is 4.07. The highest BCUT2D eigenvalue weighted by molar-refractivity contribution is 6.35. The molecule has 2 rings (SSSR count). The van der Waals surface area contributed by atoms with Gasteiger partial charge in [0.15, 0.2) is 0 Å². The summed E-state index contributed by atoms with van der Waals surface area (Å²) in [5.74, 6) is -0.666. The summed E-state index contributed by atoms with van der Waals surface area (Å²) in [6.45, 7) is 1.66. The number of halogens is 2. The smallest absolute Gasteiger partial charge is 0.245 e. The van der Waals surface area contributed by atoms with Gasteiger partial charge >= 0.3 is 0 Å². The van der Waals surface area contributed by atoms with Gasteiger partial charge in [0.25, 0.3) is 0 Å². The van der Waals surface area contributed by atoms with Crippen LogP contribution in [-0.4, -0.2) is 29.1 Å². The first-order valence-corrected chi connectivity index (χ1v) is 7.84. The highest BCUT2D eigenvalue weighted by atomic mass is 35.5. The number of carbonyl (C=O) groups excluding carboxylic acids is 2. The molecule has 0 saturated heterocycles. The zero-order valence-electron chi connectivity index (χ0n) is 12.1. The van der Waals surface area contributed by atoms with Gasteiger partial charge in [-0.05, 0) is 37.5 Å². The Hall–Kier alpha value is -1.30. The van der Waals surface area contributed by atoms with Crippen molar-refractivity contribution >= 4 is 35.0 Å². The molecule has 120 valence electrons. The van der Waals surface area contributed by atoms with Crippen molar-refractivity contribution in [1.29, 1.82) is 0 Å². The number of aliphatic hydroxyl groups is 1. The molecule has 22 heavy (non-hydrogen) atoms. The maximum absolute atomic E-state index is 12.2. The summed E-state index contributed by atoms with van der Waals surface area (Å²) in [4.78, 5) is 23.9. The minimum absolute atomic E-state index is 0.0280. The molecule has 7 heteroatoms. The SMILES string of the molecule is CC(O)C(NC(=O)C1CC1)C(=O)NCc1ccc(Cl)cc1Cl. The van der Waals surface area contributed by atoms with Crippen molar-refractivity contribution in [2.75, 3.05) is 0 Å². The number of amides is 2. The lowest BCUT2D eigenvalue weighted by molar-refractivity contribution is -0.132. The first kappa shape index (κ1) is 17.1. The van der Waals surface area contributed by atoms with E-state index in [0.29, 0.717) is 15.6 Å². The first-order valence-electron chi connectivity index (χ1n) is 7.08. The van der Waals surface area contributed by atoms with Crippen molar-refractivity contribution in [3.05, 3.63) is 33.8 Å². The van der Waals surface area contributed by atoms with Crippen LogP contribution in [0.4, 0.5) is 0 Å². The minimum atomic E-state index is -0.983. The van der Waals surface area contributed by atoms with Crippen molar-refractivity contribution in [2.45, 2.75) is 38.5 Å². The molecule has 3 N–H and O–H groups in total. The van der Waals surface area contributed by atoms with E-state index in [2.05, 4.69) is 10.6 Å². The molecule has 1 aromatic rings. The van der Waals surface area contributed by atoms with Gasteiger partial charge in [-0.2, -0.15) is 0 Å². The zero-order chi connectivity index (χ0) is 16.3. The van der Waals surface area contributed by atoms with Crippen molar-refractivity contribution in [3.63, 3.8) is 0 Å². The quantitative estimate of drug-likeness (QED) is 0.737. The Morgan fingerprint density at radius 3 is 2.59 bits per heavy atom. The average Bonchev–Trinajstić information content (AvgIpc) is 3.27. The van der Waals surface area contributed by atoms with E-state index in [-0.39, 0.29) is 18.4 Å². The van der Waals surface area contributed by atoms with Crippen LogP contribution in [0.1, 0.15) is 25.3 Å². The fourth-order valence-electron chi connectivity index (χ4n) is 1.98. The van der Waals surface area contributed by atoms with Gasteiger partial charge in [0.2, 0.25) is 11.8 Å². The third kappa shape index (κ3) is 4.60. The monoisotopic (exact) mass is 344 g/mol. The molecule has 5 nitrogen and oxygen atoms in total. The van der Waals surface area contributed by atoms with E-state index in [4.69, 9.17) is 23.2 Å². The molecule has 2 atom stereocenters. The largest absolute Gasteiger partial charge is 0.391 e. The number of carbonyl (C=O) groups is 2. The number of aliphatic hydroxyl groups excluding tert-OH is 1. The molecule has 0 aliphatic heterocycles. The second-order valence-electron chi connectivity index (χ2n) is 5.45. The van der Waals surface area contributed by atoms with Gasteiger partial charge in [0.1, 0.15) is 6.04 Å². The average molecular weight is 345 g/mol. The number of nitrogens with one attached hydrogen (secondary N) is 2. The molecule has 1 aliphatic carbocycles. The lowest BCUT2D eigenvalue weighted by atomic mass is 10.1. The molecule has 0 aromatic heterocycles. The Labute approximate surface area is 139 Å². The van der Waals surface area contributed by atoms with Crippen molar-refractivity contribution in [1.82, 2.24) is 10.6 Å². The van der Waals surface area contributed by atoms with Gasteiger partial charge < -0.3 is 15.7 Å². The molecule has 0 heterocycles. The highest BCUT2D eigenvalue weighted by Gasteiger charge is 2.34. The Bertz CT molecular complexity index is 574. The fraction of sp³-hybridized carbons (Fsp3) is 0.467. The normalized spacial score (nSPS) is 16.7. The molecule has 2 unspecified atom stereocenters. The third-order valence-electron chi connectivity index (χ3n) is 3.48. The second kappa shape index (κ2) is 7.31. The molecular weight excluding hydrogens is 327 g/mol. The van der Waals surface area contributed by atoms with Crippen LogP contribution in [0.3, 0.4) is 0 Å². The lowest BCUT2D eigenvalue weighted by Crippen LogP contribution is -2.52. The first-order chi connectivity index (χ1) is 10.4. The summed E-state index contributed by atoms with van der Waals surface area (Å²) in [6, 6.07) is 4.01. The van der Waals surface area contributed by atoms with Crippen LogP contribution in [0.2, 0.25) is 10.0 Å². The Morgan fingerprint density at radius 2 is 2.05 bits per heavy atom. The molecular formula is C15H18Cl2N2O3. The fourth-order valence-corrected chi connectivity index (χ4v) is 2.45. The summed E-state index contributed by atoms with van der Waals surface area (Å²) in [7, 11) is 0. The van der Waals surface area contributed by atoms with Crippen LogP contribution in [0.15, 0.2) is 18.2 Å². The lowest BCUT2D eigenvalue weighted by Gasteiger charge is -2.21. The summed E-state index contributed by atoms with van der Waals surface area (Å²) in [5.41, 5.74) is 0.706. The molecule has 0 spiro atoms. The topological polar surface area (TPSA) is 78.4 Å². The predicted molar refractivity (Wildman–Crippen MR) is 84.6 cm³/mol. The van der Waals surface area contributed by atoms with E-state index in [9.17, 15) is 14.7 Å². The van der Waals surface area contributed by atoms with E-state index in [1.54, 1.807) is 18.2 Å². The summed E-state index contributed by atoms with van der Waals surface area (Å²) >= 11 is 11.8. The van der Waals surface area contributed by atoms with Gasteiger partial charge in [-0.1, -0.05) is 29.3 Å². The van der Waals surface area contributed by atoms with Crippen LogP contribution in [-0.2, 0) is 16.1 Å². The zero-order valence-corrected chi connectivity index (χ0v) is 13.6. The van der Waals surface area contributed by atoms with Crippen molar-refractivity contribution in [3.8, 4) is 0 Å². The minimum Gasteiger partial charge on any atom is -0.391 e. The van der Waals surface area contributed by atoms with E-state index in [1.165, 1.54) is 6.92 Å². The van der Waals surface area contributed by atoms with E-state index < -0.39 is 18.1 Å². The Morgan fingerprint density at radius 1 is 1.36 bits per heavy atom. The molecule has 1 saturated carbocycles. The molecule has 2 amide bonds. The molecule has 1 aromatic carbocycles. The molecule has 0 bridgehead atoms. The summed E-state index contributed by atoms with van der Waals surface area (Å²) in [5, 5.41) is 15.9. The number of hydrogen-bond donors (Lipinski definition) is 3. The number of rotatable bonds is 6. The van der Waals surface area contributed by atoms with E-state index in [0.717, 1.165) is 12.8 Å².